The zero-order valence-electron chi connectivity index (χ0n) is 24.6. The molecule has 2 aromatic rings. The van der Waals surface area contributed by atoms with Crippen LogP contribution in [0.25, 0.3) is 0 Å². The molecule has 0 spiro atoms. The summed E-state index contributed by atoms with van der Waals surface area (Å²) in [5.41, 5.74) is 2.74. The summed E-state index contributed by atoms with van der Waals surface area (Å²) in [7, 11) is 1.49. The lowest BCUT2D eigenvalue weighted by Crippen LogP contribution is -2.51. The summed E-state index contributed by atoms with van der Waals surface area (Å²) in [4.78, 5) is 24.6. The molecule has 0 saturated heterocycles. The van der Waals surface area contributed by atoms with E-state index in [1.807, 2.05) is 44.2 Å². The van der Waals surface area contributed by atoms with Crippen molar-refractivity contribution in [1.82, 2.24) is 21.3 Å². The summed E-state index contributed by atoms with van der Waals surface area (Å²) in [6.45, 7) is 13.7. The third-order valence-electron chi connectivity index (χ3n) is 5.51. The standard InChI is InChI=1S/C21H32N4O4.C7H7F.C3H8/c1-15-11-23-16(2)13-29-19-9-5-4-7-17(19)8-6-10-22-21(27)18(14-28-3)25-20(26)12-24-15;1-6-3-2-4-7(8)5-6;1-3-2/h4-5,7,9,16,18,23-24H,1,6,8,10-14H2,2-3H3,(H,22,27)(H,25,26);2-5H,1H3;3H2,1-2H3/t16-,18?;;/m0../s1. The maximum atomic E-state index is 12.4. The van der Waals surface area contributed by atoms with Crippen LogP contribution in [0.15, 0.2) is 60.8 Å². The minimum Gasteiger partial charge on any atom is -0.492 e. The second-order valence-electron chi connectivity index (χ2n) is 9.63. The molecule has 1 heterocycles. The Morgan fingerprint density at radius 2 is 1.80 bits per heavy atom. The first-order valence-corrected chi connectivity index (χ1v) is 13.8. The van der Waals surface area contributed by atoms with Crippen LogP contribution < -0.4 is 26.0 Å². The number of carbonyl (C=O) groups is 2. The molecule has 222 valence electrons. The fourth-order valence-corrected chi connectivity index (χ4v) is 3.50. The van der Waals surface area contributed by atoms with E-state index in [0.29, 0.717) is 25.4 Å². The molecular weight excluding hydrogens is 511 g/mol. The molecule has 2 atom stereocenters. The molecule has 2 aromatic carbocycles. The van der Waals surface area contributed by atoms with Crippen molar-refractivity contribution in [2.75, 3.05) is 40.0 Å². The lowest BCUT2D eigenvalue weighted by atomic mass is 10.1. The van der Waals surface area contributed by atoms with Gasteiger partial charge in [-0.2, -0.15) is 0 Å². The topological polar surface area (TPSA) is 101 Å². The molecule has 0 bridgehead atoms. The van der Waals surface area contributed by atoms with Crippen molar-refractivity contribution in [1.29, 1.82) is 0 Å². The van der Waals surface area contributed by atoms with Crippen LogP contribution in [-0.2, 0) is 20.7 Å². The van der Waals surface area contributed by atoms with E-state index in [0.717, 1.165) is 29.7 Å². The average Bonchev–Trinajstić information content (AvgIpc) is 2.92. The van der Waals surface area contributed by atoms with E-state index in [1.165, 1.54) is 25.7 Å². The number of aryl methyl sites for hydroxylation is 2. The molecule has 0 saturated carbocycles. The van der Waals surface area contributed by atoms with Crippen LogP contribution in [0.2, 0.25) is 0 Å². The number of nitrogens with one attached hydrogen (secondary N) is 4. The number of amides is 2. The molecule has 9 heteroatoms. The van der Waals surface area contributed by atoms with Gasteiger partial charge in [0.2, 0.25) is 11.8 Å². The first kappa shape index (κ1) is 34.6. The summed E-state index contributed by atoms with van der Waals surface area (Å²) in [5.74, 6) is 0.134. The first-order valence-electron chi connectivity index (χ1n) is 13.8. The van der Waals surface area contributed by atoms with Crippen LogP contribution >= 0.6 is 0 Å². The molecule has 1 aliphatic rings. The van der Waals surface area contributed by atoms with E-state index in [9.17, 15) is 14.0 Å². The van der Waals surface area contributed by atoms with E-state index in [1.54, 1.807) is 6.07 Å². The predicted molar refractivity (Wildman–Crippen MR) is 159 cm³/mol. The Bertz CT molecular complexity index is 1020. The van der Waals surface area contributed by atoms with Crippen LogP contribution in [0, 0.1) is 12.7 Å². The molecular formula is C31H47FN4O4. The number of fused-ring (bicyclic) bond motifs is 1. The summed E-state index contributed by atoms with van der Waals surface area (Å²) in [6.07, 6.45) is 2.79. The Labute approximate surface area is 239 Å². The molecule has 0 aliphatic carbocycles. The van der Waals surface area contributed by atoms with Crippen LogP contribution in [0.1, 0.15) is 44.7 Å². The monoisotopic (exact) mass is 558 g/mol. The lowest BCUT2D eigenvalue weighted by Gasteiger charge is -2.20. The fourth-order valence-electron chi connectivity index (χ4n) is 3.50. The zero-order valence-corrected chi connectivity index (χ0v) is 24.6. The number of hydrogen-bond acceptors (Lipinski definition) is 6. The van der Waals surface area contributed by atoms with Gasteiger partial charge in [-0.05, 0) is 56.0 Å². The smallest absolute Gasteiger partial charge is 0.244 e. The van der Waals surface area contributed by atoms with Gasteiger partial charge >= 0.3 is 0 Å². The molecule has 0 radical (unpaired) electrons. The molecule has 1 aliphatic heterocycles. The Balaban J connectivity index is 0.000000606. The fraction of sp³-hybridized carbons (Fsp3) is 0.484. The van der Waals surface area contributed by atoms with Crippen molar-refractivity contribution in [3.05, 3.63) is 77.8 Å². The van der Waals surface area contributed by atoms with Gasteiger partial charge in [0.05, 0.1) is 13.2 Å². The SMILES string of the molecule is C=C1CN[C@@H](C)COc2ccccc2CCCNC(=O)C(COC)NC(=O)CN1.CCC.Cc1cccc(F)c1. The van der Waals surface area contributed by atoms with Crippen molar-refractivity contribution >= 4 is 11.8 Å². The lowest BCUT2D eigenvalue weighted by molar-refractivity contribution is -0.129. The Morgan fingerprint density at radius 1 is 1.07 bits per heavy atom. The number of halogens is 1. The quantitative estimate of drug-likeness (QED) is 0.446. The summed E-state index contributed by atoms with van der Waals surface area (Å²) in [5, 5.41) is 11.8. The van der Waals surface area contributed by atoms with Crippen molar-refractivity contribution in [3.8, 4) is 5.75 Å². The van der Waals surface area contributed by atoms with E-state index in [4.69, 9.17) is 9.47 Å². The van der Waals surface area contributed by atoms with Gasteiger partial charge in [-0.15, -0.1) is 0 Å². The van der Waals surface area contributed by atoms with Gasteiger partial charge in [0, 0.05) is 31.9 Å². The van der Waals surface area contributed by atoms with E-state index >= 15 is 0 Å². The highest BCUT2D eigenvalue weighted by molar-refractivity contribution is 5.88. The maximum absolute atomic E-state index is 12.4. The van der Waals surface area contributed by atoms with Crippen LogP contribution in [0.5, 0.6) is 5.75 Å². The third kappa shape index (κ3) is 15.2. The second-order valence-corrected chi connectivity index (χ2v) is 9.63. The average molecular weight is 559 g/mol. The molecule has 40 heavy (non-hydrogen) atoms. The van der Waals surface area contributed by atoms with Gasteiger partial charge in [-0.3, -0.25) is 9.59 Å². The van der Waals surface area contributed by atoms with Gasteiger partial charge < -0.3 is 30.7 Å². The highest BCUT2D eigenvalue weighted by Gasteiger charge is 2.20. The van der Waals surface area contributed by atoms with Gasteiger partial charge in [0.15, 0.2) is 0 Å². The van der Waals surface area contributed by atoms with Crippen molar-refractivity contribution in [2.45, 2.75) is 59.0 Å². The Hall–Kier alpha value is -3.43. The minimum atomic E-state index is -0.741. The summed E-state index contributed by atoms with van der Waals surface area (Å²) >= 11 is 0. The number of methoxy groups -OCH3 is 1. The first-order chi connectivity index (χ1) is 19.2. The van der Waals surface area contributed by atoms with E-state index in [2.05, 4.69) is 41.7 Å². The minimum absolute atomic E-state index is 0.0340. The van der Waals surface area contributed by atoms with Gasteiger partial charge in [0.1, 0.15) is 24.2 Å². The molecule has 2 amide bonds. The summed E-state index contributed by atoms with van der Waals surface area (Å²) < 4.78 is 23.2. The van der Waals surface area contributed by atoms with E-state index in [-0.39, 0.29) is 36.8 Å². The molecule has 0 aromatic heterocycles. The van der Waals surface area contributed by atoms with Crippen molar-refractivity contribution in [2.24, 2.45) is 0 Å². The molecule has 1 unspecified atom stereocenters. The van der Waals surface area contributed by atoms with E-state index < -0.39 is 6.04 Å². The molecule has 0 fully saturated rings. The number of carbonyl (C=O) groups excluding carboxylic acids is 2. The Kier molecular flexibility index (Phi) is 17.7. The number of ether oxygens (including phenoxy) is 2. The molecule has 8 nitrogen and oxygen atoms in total. The normalized spacial score (nSPS) is 18.8. The Morgan fingerprint density at radius 3 is 2.45 bits per heavy atom. The molecule has 4 N–H and O–H groups in total. The van der Waals surface area contributed by atoms with Crippen LogP contribution in [-0.4, -0.2) is 63.9 Å². The number of rotatable bonds is 2. The maximum Gasteiger partial charge on any atom is 0.244 e. The van der Waals surface area contributed by atoms with Gasteiger partial charge in [-0.1, -0.05) is 57.2 Å². The predicted octanol–water partition coefficient (Wildman–Crippen LogP) is 3.89. The van der Waals surface area contributed by atoms with Crippen molar-refractivity contribution < 1.29 is 23.5 Å². The highest BCUT2D eigenvalue weighted by atomic mass is 19.1. The zero-order chi connectivity index (χ0) is 29.8. The largest absolute Gasteiger partial charge is 0.492 e. The molecule has 3 rings (SSSR count). The van der Waals surface area contributed by atoms with Gasteiger partial charge in [0.25, 0.3) is 0 Å². The summed E-state index contributed by atoms with van der Waals surface area (Å²) in [6, 6.07) is 13.8. The van der Waals surface area contributed by atoms with Crippen molar-refractivity contribution in [3.63, 3.8) is 0 Å². The van der Waals surface area contributed by atoms with Crippen LogP contribution in [0.4, 0.5) is 4.39 Å². The number of para-hydroxylation sites is 1. The number of benzene rings is 2. The van der Waals surface area contributed by atoms with Crippen LogP contribution in [0.3, 0.4) is 0 Å². The second kappa shape index (κ2) is 20.5. The number of hydrogen-bond donors (Lipinski definition) is 4. The van der Waals surface area contributed by atoms with Gasteiger partial charge in [-0.25, -0.2) is 4.39 Å². The third-order valence-corrected chi connectivity index (χ3v) is 5.51. The highest BCUT2D eigenvalue weighted by Crippen LogP contribution is 2.19.